The van der Waals surface area contributed by atoms with Crippen LogP contribution in [-0.2, 0) is 4.79 Å². The van der Waals surface area contributed by atoms with Crippen molar-refractivity contribution in [3.8, 4) is 17.2 Å². The Hall–Kier alpha value is -3.42. The number of anilines is 1. The molecule has 0 fully saturated rings. The van der Waals surface area contributed by atoms with Crippen LogP contribution in [0.4, 0.5) is 5.69 Å². The van der Waals surface area contributed by atoms with Crippen molar-refractivity contribution in [2.24, 2.45) is 0 Å². The average molecular weight is 397 g/mol. The Morgan fingerprint density at radius 1 is 1.24 bits per heavy atom. The highest BCUT2D eigenvalue weighted by Gasteiger charge is 2.38. The zero-order chi connectivity index (χ0) is 20.5. The molecule has 8 nitrogen and oxygen atoms in total. The van der Waals surface area contributed by atoms with Gasteiger partial charge in [-0.05, 0) is 24.3 Å². The molecule has 0 aromatic heterocycles. The lowest BCUT2D eigenvalue weighted by molar-refractivity contribution is -0.119. The molecule has 4 rings (SSSR count). The topological polar surface area (TPSA) is 80.3 Å². The van der Waals surface area contributed by atoms with E-state index in [-0.39, 0.29) is 18.4 Å². The number of para-hydroxylation sites is 1. The quantitative estimate of drug-likeness (QED) is 0.848. The van der Waals surface area contributed by atoms with Crippen molar-refractivity contribution >= 4 is 17.5 Å². The fourth-order valence-electron chi connectivity index (χ4n) is 3.80. The molecule has 2 aromatic carbocycles. The first-order valence-electron chi connectivity index (χ1n) is 9.36. The molecule has 152 valence electrons. The van der Waals surface area contributed by atoms with Gasteiger partial charge >= 0.3 is 0 Å². The normalized spacial score (nSPS) is 17.6. The first-order chi connectivity index (χ1) is 14.0. The monoisotopic (exact) mass is 397 g/mol. The number of carbonyl (C=O) groups excluding carboxylic acids is 2. The van der Waals surface area contributed by atoms with E-state index < -0.39 is 6.17 Å². The first kappa shape index (κ1) is 18.9. The third-order valence-electron chi connectivity index (χ3n) is 5.17. The molecule has 0 aliphatic carbocycles. The number of hydrogen-bond acceptors (Lipinski definition) is 6. The maximum atomic E-state index is 13.1. The molecular weight excluding hydrogens is 374 g/mol. The van der Waals surface area contributed by atoms with Gasteiger partial charge in [-0.1, -0.05) is 12.1 Å². The number of ether oxygens (including phenoxy) is 3. The van der Waals surface area contributed by atoms with Crippen molar-refractivity contribution in [2.45, 2.75) is 6.17 Å². The van der Waals surface area contributed by atoms with E-state index in [0.717, 1.165) is 5.56 Å². The minimum atomic E-state index is -0.514. The van der Waals surface area contributed by atoms with Gasteiger partial charge in [0.1, 0.15) is 19.4 Å². The predicted octanol–water partition coefficient (Wildman–Crippen LogP) is 1.80. The van der Waals surface area contributed by atoms with Crippen LogP contribution in [0, 0.1) is 0 Å². The fourth-order valence-corrected chi connectivity index (χ4v) is 3.80. The van der Waals surface area contributed by atoms with Gasteiger partial charge in [-0.25, -0.2) is 0 Å². The van der Waals surface area contributed by atoms with Gasteiger partial charge in [-0.3, -0.25) is 9.59 Å². The molecular formula is C21H23N3O5. The number of benzene rings is 2. The van der Waals surface area contributed by atoms with Gasteiger partial charge in [0.05, 0.1) is 24.9 Å². The molecule has 1 atom stereocenters. The van der Waals surface area contributed by atoms with Gasteiger partial charge in [0.2, 0.25) is 11.7 Å². The minimum absolute atomic E-state index is 0.0898. The van der Waals surface area contributed by atoms with E-state index in [4.69, 9.17) is 14.2 Å². The Labute approximate surface area is 168 Å². The molecule has 0 saturated heterocycles. The van der Waals surface area contributed by atoms with Crippen LogP contribution < -0.4 is 24.4 Å². The number of likely N-dealkylation sites (N-methyl/N-ethyl adjacent to an activating group) is 1. The number of fused-ring (bicyclic) bond motifs is 2. The van der Waals surface area contributed by atoms with E-state index in [2.05, 4.69) is 5.32 Å². The van der Waals surface area contributed by atoms with Crippen molar-refractivity contribution < 1.29 is 23.8 Å². The maximum Gasteiger partial charge on any atom is 0.257 e. The van der Waals surface area contributed by atoms with Crippen molar-refractivity contribution in [3.63, 3.8) is 0 Å². The Morgan fingerprint density at radius 3 is 2.76 bits per heavy atom. The number of nitrogens with zero attached hydrogens (tertiary/aromatic N) is 2. The summed E-state index contributed by atoms with van der Waals surface area (Å²) in [6, 6.07) is 11.0. The highest BCUT2D eigenvalue weighted by atomic mass is 16.6. The Bertz CT molecular complexity index is 944. The number of rotatable bonds is 4. The molecule has 0 radical (unpaired) electrons. The summed E-state index contributed by atoms with van der Waals surface area (Å²) in [5, 5.41) is 2.66. The van der Waals surface area contributed by atoms with Crippen molar-refractivity contribution in [3.05, 3.63) is 47.5 Å². The van der Waals surface area contributed by atoms with Crippen LogP contribution in [-0.4, -0.2) is 57.7 Å². The van der Waals surface area contributed by atoms with E-state index >= 15 is 0 Å². The van der Waals surface area contributed by atoms with Crippen LogP contribution in [0.1, 0.15) is 22.1 Å². The number of methoxy groups -OCH3 is 1. The second-order valence-electron chi connectivity index (χ2n) is 6.86. The summed E-state index contributed by atoms with van der Waals surface area (Å²) in [5.74, 6) is 1.36. The molecule has 8 heteroatoms. The number of amides is 2. The van der Waals surface area contributed by atoms with Crippen molar-refractivity contribution in [2.75, 3.05) is 45.9 Å². The summed E-state index contributed by atoms with van der Waals surface area (Å²) in [7, 11) is 4.88. The van der Waals surface area contributed by atoms with Crippen LogP contribution in [0.3, 0.4) is 0 Å². The third kappa shape index (κ3) is 3.20. The zero-order valence-electron chi connectivity index (χ0n) is 16.6. The lowest BCUT2D eigenvalue weighted by atomic mass is 10.0. The smallest absolute Gasteiger partial charge is 0.257 e. The molecule has 1 N–H and O–H groups in total. The van der Waals surface area contributed by atoms with Gasteiger partial charge in [0, 0.05) is 19.7 Å². The van der Waals surface area contributed by atoms with E-state index in [1.807, 2.05) is 35.2 Å². The van der Waals surface area contributed by atoms with Gasteiger partial charge in [0.15, 0.2) is 11.5 Å². The summed E-state index contributed by atoms with van der Waals surface area (Å²) in [6.07, 6.45) is -0.514. The van der Waals surface area contributed by atoms with Crippen LogP contribution in [0.15, 0.2) is 36.4 Å². The summed E-state index contributed by atoms with van der Waals surface area (Å²) in [4.78, 5) is 28.9. The van der Waals surface area contributed by atoms with Crippen molar-refractivity contribution in [1.82, 2.24) is 10.2 Å². The molecule has 0 spiro atoms. The van der Waals surface area contributed by atoms with Crippen LogP contribution in [0.5, 0.6) is 17.2 Å². The lowest BCUT2D eigenvalue weighted by Crippen LogP contribution is -2.50. The highest BCUT2D eigenvalue weighted by Crippen LogP contribution is 2.45. The van der Waals surface area contributed by atoms with Crippen molar-refractivity contribution in [1.29, 1.82) is 0 Å². The fraction of sp³-hybridized carbons (Fsp3) is 0.333. The Balaban J connectivity index is 1.86. The Kier molecular flexibility index (Phi) is 4.92. The SMILES string of the molecule is CNC(=O)CN1c2ccccc2C(=O)N(C)C1c1cc(OC)c2c(c1)OCCO2. The molecule has 29 heavy (non-hydrogen) atoms. The minimum Gasteiger partial charge on any atom is -0.493 e. The van der Waals surface area contributed by atoms with E-state index in [0.29, 0.717) is 41.7 Å². The highest BCUT2D eigenvalue weighted by molar-refractivity contribution is 6.02. The largest absolute Gasteiger partial charge is 0.493 e. The van der Waals surface area contributed by atoms with E-state index in [1.54, 1.807) is 32.2 Å². The zero-order valence-corrected chi connectivity index (χ0v) is 16.6. The molecule has 0 saturated carbocycles. The van der Waals surface area contributed by atoms with Crippen LogP contribution in [0.25, 0.3) is 0 Å². The molecule has 0 bridgehead atoms. The van der Waals surface area contributed by atoms with Gasteiger partial charge in [0.25, 0.3) is 5.91 Å². The number of hydrogen-bond donors (Lipinski definition) is 1. The maximum absolute atomic E-state index is 13.1. The van der Waals surface area contributed by atoms with Gasteiger partial charge in [-0.2, -0.15) is 0 Å². The summed E-state index contributed by atoms with van der Waals surface area (Å²) < 4.78 is 17.0. The summed E-state index contributed by atoms with van der Waals surface area (Å²) in [6.45, 7) is 0.969. The van der Waals surface area contributed by atoms with Crippen LogP contribution in [0.2, 0.25) is 0 Å². The first-order valence-corrected chi connectivity index (χ1v) is 9.36. The van der Waals surface area contributed by atoms with Crippen LogP contribution >= 0.6 is 0 Å². The Morgan fingerprint density at radius 2 is 2.00 bits per heavy atom. The molecule has 2 amide bonds. The standard InChI is InChI=1S/C21H23N3O5/c1-22-18(25)12-24-15-7-5-4-6-14(15)21(26)23(2)20(24)13-10-16(27-3)19-17(11-13)28-8-9-29-19/h4-7,10-11,20H,8-9,12H2,1-3H3,(H,22,25). The van der Waals surface area contributed by atoms with E-state index in [9.17, 15) is 9.59 Å². The summed E-state index contributed by atoms with van der Waals surface area (Å²) >= 11 is 0. The second kappa shape index (κ2) is 7.54. The van der Waals surface area contributed by atoms with Gasteiger partial charge in [-0.15, -0.1) is 0 Å². The second-order valence-corrected chi connectivity index (χ2v) is 6.86. The third-order valence-corrected chi connectivity index (χ3v) is 5.17. The summed E-state index contributed by atoms with van der Waals surface area (Å²) in [5.41, 5.74) is 2.03. The number of carbonyl (C=O) groups is 2. The van der Waals surface area contributed by atoms with E-state index in [1.165, 1.54) is 0 Å². The van der Waals surface area contributed by atoms with Gasteiger partial charge < -0.3 is 29.3 Å². The molecule has 2 aliphatic heterocycles. The number of nitrogens with one attached hydrogen (secondary N) is 1. The molecule has 2 heterocycles. The lowest BCUT2D eigenvalue weighted by Gasteiger charge is -2.44. The molecule has 2 aliphatic rings. The molecule has 2 aromatic rings. The molecule has 1 unspecified atom stereocenters. The average Bonchev–Trinajstić information content (AvgIpc) is 2.76. The predicted molar refractivity (Wildman–Crippen MR) is 107 cm³/mol.